The normalized spacial score (nSPS) is 14.5. The molecular formula is C12H11NO4S. The lowest BCUT2D eigenvalue weighted by molar-refractivity contribution is 0.359. The summed E-state index contributed by atoms with van der Waals surface area (Å²) >= 11 is 0. The van der Waals surface area contributed by atoms with E-state index < -0.39 is 10.0 Å². The predicted octanol–water partition coefficient (Wildman–Crippen LogP) is 1.56. The highest BCUT2D eigenvalue weighted by atomic mass is 32.2. The van der Waals surface area contributed by atoms with Crippen molar-refractivity contribution in [3.05, 3.63) is 30.0 Å². The third-order valence-electron chi connectivity index (χ3n) is 2.90. The quantitative estimate of drug-likeness (QED) is 0.849. The van der Waals surface area contributed by atoms with Crippen molar-refractivity contribution in [1.82, 2.24) is 3.97 Å². The van der Waals surface area contributed by atoms with Gasteiger partial charge in [0.15, 0.2) is 0 Å². The van der Waals surface area contributed by atoms with Crippen molar-refractivity contribution in [1.29, 1.82) is 0 Å². The maximum atomic E-state index is 11.5. The molecule has 94 valence electrons. The van der Waals surface area contributed by atoms with Crippen molar-refractivity contribution in [2.24, 2.45) is 0 Å². The van der Waals surface area contributed by atoms with Crippen LogP contribution < -0.4 is 4.74 Å². The minimum absolute atomic E-state index is 0.278. The Morgan fingerprint density at radius 3 is 2.89 bits per heavy atom. The van der Waals surface area contributed by atoms with Gasteiger partial charge >= 0.3 is 0 Å². The van der Waals surface area contributed by atoms with Crippen molar-refractivity contribution in [3.63, 3.8) is 0 Å². The first-order chi connectivity index (χ1) is 8.48. The number of aromatic nitrogens is 1. The smallest absolute Gasteiger partial charge is 0.238 e. The molecule has 0 saturated carbocycles. The van der Waals surface area contributed by atoms with Crippen molar-refractivity contribution in [2.45, 2.75) is 0 Å². The molecule has 5 nitrogen and oxygen atoms in total. The number of fused-ring (bicyclic) bond motifs is 3. The lowest BCUT2D eigenvalue weighted by Crippen LogP contribution is -2.07. The van der Waals surface area contributed by atoms with E-state index in [1.54, 1.807) is 12.1 Å². The van der Waals surface area contributed by atoms with E-state index in [0.717, 1.165) is 10.2 Å². The number of ether oxygens (including phenoxy) is 1. The predicted molar refractivity (Wildman–Crippen MR) is 68.4 cm³/mol. The number of hydrogen-bond donors (Lipinski definition) is 1. The van der Waals surface area contributed by atoms with Crippen molar-refractivity contribution >= 4 is 26.9 Å². The van der Waals surface area contributed by atoms with Gasteiger partial charge in [0, 0.05) is 17.1 Å². The van der Waals surface area contributed by atoms with Crippen molar-refractivity contribution in [3.8, 4) is 11.6 Å². The molecule has 0 spiro atoms. The van der Waals surface area contributed by atoms with Crippen LogP contribution in [0.4, 0.5) is 0 Å². The van der Waals surface area contributed by atoms with E-state index in [9.17, 15) is 13.5 Å². The van der Waals surface area contributed by atoms with E-state index in [1.165, 1.54) is 6.20 Å². The molecule has 1 aromatic heterocycles. The second kappa shape index (κ2) is 3.52. The first kappa shape index (κ1) is 11.2. The van der Waals surface area contributed by atoms with Crippen LogP contribution >= 0.6 is 0 Å². The first-order valence-electron chi connectivity index (χ1n) is 5.35. The van der Waals surface area contributed by atoms with E-state index in [2.05, 4.69) is 0 Å². The summed E-state index contributed by atoms with van der Waals surface area (Å²) in [4.78, 5) is 0. The van der Waals surface area contributed by atoms with E-state index in [-0.39, 0.29) is 5.88 Å². The first-order valence-corrected chi connectivity index (χ1v) is 7.20. The average molecular weight is 265 g/mol. The molecule has 1 aromatic carbocycles. The van der Waals surface area contributed by atoms with Crippen LogP contribution in [-0.2, 0) is 10.0 Å². The van der Waals surface area contributed by atoms with Gasteiger partial charge in [0.25, 0.3) is 0 Å². The van der Waals surface area contributed by atoms with Gasteiger partial charge in [-0.15, -0.1) is 0 Å². The lowest BCUT2D eigenvalue weighted by Gasteiger charge is -2.12. The van der Waals surface area contributed by atoms with E-state index >= 15 is 0 Å². The van der Waals surface area contributed by atoms with Crippen LogP contribution in [0.15, 0.2) is 24.4 Å². The highest BCUT2D eigenvalue weighted by Gasteiger charge is 2.20. The topological polar surface area (TPSA) is 68.5 Å². The molecule has 3 rings (SSSR count). The summed E-state index contributed by atoms with van der Waals surface area (Å²) in [5.74, 6) is 0.367. The Morgan fingerprint density at radius 1 is 1.39 bits per heavy atom. The maximum Gasteiger partial charge on any atom is 0.238 e. The van der Waals surface area contributed by atoms with Crippen molar-refractivity contribution in [2.75, 3.05) is 12.9 Å². The zero-order valence-corrected chi connectivity index (χ0v) is 10.4. The fourth-order valence-electron chi connectivity index (χ4n) is 2.12. The Hall–Kier alpha value is -1.95. The van der Waals surface area contributed by atoms with Gasteiger partial charge in [-0.3, -0.25) is 0 Å². The van der Waals surface area contributed by atoms with Gasteiger partial charge in [-0.05, 0) is 18.2 Å². The fraction of sp³-hybridized carbons (Fsp3) is 0.167. The lowest BCUT2D eigenvalue weighted by atomic mass is 10.1. The summed E-state index contributed by atoms with van der Waals surface area (Å²) in [7, 11) is -3.52. The van der Waals surface area contributed by atoms with Crippen LogP contribution in [0.2, 0.25) is 0 Å². The highest BCUT2D eigenvalue weighted by molar-refractivity contribution is 7.89. The third kappa shape index (κ3) is 1.49. The number of nitrogens with zero attached hydrogens (tertiary/aromatic N) is 1. The van der Waals surface area contributed by atoms with E-state index in [4.69, 9.17) is 4.74 Å². The largest absolute Gasteiger partial charge is 0.493 e. The minimum Gasteiger partial charge on any atom is -0.493 e. The fourth-order valence-corrected chi connectivity index (χ4v) is 2.83. The number of hydrogen-bond acceptors (Lipinski definition) is 4. The van der Waals surface area contributed by atoms with Crippen LogP contribution in [0.3, 0.4) is 0 Å². The minimum atomic E-state index is -3.52. The van der Waals surface area contributed by atoms with Crippen LogP contribution in [0.25, 0.3) is 16.8 Å². The molecular weight excluding hydrogens is 254 g/mol. The average Bonchev–Trinajstić information content (AvgIpc) is 2.67. The molecule has 1 N–H and O–H groups in total. The zero-order chi connectivity index (χ0) is 12.9. The second-order valence-corrected chi connectivity index (χ2v) is 6.03. The summed E-state index contributed by atoms with van der Waals surface area (Å²) in [6.45, 7) is 0.478. The van der Waals surface area contributed by atoms with Gasteiger partial charge in [-0.25, -0.2) is 12.4 Å². The van der Waals surface area contributed by atoms with Gasteiger partial charge in [0.1, 0.15) is 12.4 Å². The number of rotatable bonds is 1. The summed E-state index contributed by atoms with van der Waals surface area (Å²) in [5, 5.41) is 11.2. The van der Waals surface area contributed by atoms with Gasteiger partial charge in [-0.1, -0.05) is 6.08 Å². The van der Waals surface area contributed by atoms with Gasteiger partial charge in [-0.2, -0.15) is 0 Å². The highest BCUT2D eigenvalue weighted by Crippen LogP contribution is 2.38. The summed E-state index contributed by atoms with van der Waals surface area (Å²) in [6.07, 6.45) is 6.10. The maximum absolute atomic E-state index is 11.5. The Kier molecular flexibility index (Phi) is 2.18. The van der Waals surface area contributed by atoms with Crippen molar-refractivity contribution < 1.29 is 18.3 Å². The van der Waals surface area contributed by atoms with Gasteiger partial charge in [0.05, 0.1) is 11.6 Å². The Morgan fingerprint density at radius 2 is 2.17 bits per heavy atom. The molecule has 1 aliphatic heterocycles. The molecule has 0 unspecified atom stereocenters. The molecule has 0 fully saturated rings. The van der Waals surface area contributed by atoms with E-state index in [0.29, 0.717) is 28.7 Å². The molecule has 0 saturated heterocycles. The molecule has 6 heteroatoms. The second-order valence-electron chi connectivity index (χ2n) is 4.17. The molecule has 2 aromatic rings. The molecule has 0 aliphatic carbocycles. The summed E-state index contributed by atoms with van der Waals surface area (Å²) in [6, 6.07) is 3.50. The molecule has 18 heavy (non-hydrogen) atoms. The number of benzene rings is 1. The van der Waals surface area contributed by atoms with Crippen LogP contribution in [0.5, 0.6) is 11.6 Å². The standard InChI is InChI=1S/C12H11NO4S/c1-18(15,16)13-7-8-4-5-10-9(3-2-6-17-10)11(8)12(13)14/h2-5,7,14H,6H2,1H3. The zero-order valence-electron chi connectivity index (χ0n) is 9.62. The van der Waals surface area contributed by atoms with E-state index in [1.807, 2.05) is 12.2 Å². The van der Waals surface area contributed by atoms with Crippen LogP contribution in [-0.4, -0.2) is 30.4 Å². The Bertz CT molecular complexity index is 771. The Labute approximate surface area is 104 Å². The molecule has 0 radical (unpaired) electrons. The SMILES string of the molecule is CS(=O)(=O)n1cc2ccc3c(c2c1O)C=CCO3. The van der Waals surface area contributed by atoms with Gasteiger partial charge in [0.2, 0.25) is 15.9 Å². The summed E-state index contributed by atoms with van der Waals surface area (Å²) < 4.78 is 29.4. The molecule has 0 bridgehead atoms. The van der Waals surface area contributed by atoms with Crippen LogP contribution in [0.1, 0.15) is 5.56 Å². The summed E-state index contributed by atoms with van der Waals surface area (Å²) in [5.41, 5.74) is 0.707. The number of aromatic hydroxyl groups is 1. The third-order valence-corrected chi connectivity index (χ3v) is 3.90. The molecule has 1 aliphatic rings. The van der Waals surface area contributed by atoms with Gasteiger partial charge < -0.3 is 9.84 Å². The molecule has 2 heterocycles. The molecule has 0 amide bonds. The molecule has 0 atom stereocenters. The van der Waals surface area contributed by atoms with Crippen LogP contribution in [0, 0.1) is 0 Å². The monoisotopic (exact) mass is 265 g/mol. The Balaban J connectivity index is 2.44.